The maximum absolute atomic E-state index is 12.3. The van der Waals surface area contributed by atoms with Crippen LogP contribution >= 0.6 is 0 Å². The van der Waals surface area contributed by atoms with E-state index in [2.05, 4.69) is 18.8 Å². The van der Waals surface area contributed by atoms with E-state index >= 15 is 0 Å². The Hall–Kier alpha value is -2.10. The lowest BCUT2D eigenvalue weighted by molar-refractivity contribution is 0.112. The van der Waals surface area contributed by atoms with Crippen LogP contribution in [0.4, 0.5) is 4.79 Å². The van der Waals surface area contributed by atoms with E-state index in [1.54, 1.807) is 0 Å². The largest absolute Gasteiger partial charge is 0.415 e. The number of hydrogen-bond acceptors (Lipinski definition) is 3. The first-order valence-corrected chi connectivity index (χ1v) is 7.85. The van der Waals surface area contributed by atoms with Crippen LogP contribution in [-0.4, -0.2) is 29.1 Å². The van der Waals surface area contributed by atoms with Gasteiger partial charge in [0, 0.05) is 24.2 Å². The van der Waals surface area contributed by atoms with Gasteiger partial charge in [0.15, 0.2) is 0 Å². The van der Waals surface area contributed by atoms with Gasteiger partial charge in [0.05, 0.1) is 5.52 Å². The molecule has 1 amide bonds. The van der Waals surface area contributed by atoms with E-state index in [-0.39, 0.29) is 6.09 Å². The number of hydrogen-bond donors (Lipinski definition) is 0. The monoisotopic (exact) mass is 298 g/mol. The van der Waals surface area contributed by atoms with E-state index in [0.717, 1.165) is 29.7 Å². The number of aryl methyl sites for hydroxylation is 1. The fourth-order valence-electron chi connectivity index (χ4n) is 3.25. The van der Waals surface area contributed by atoms with Gasteiger partial charge < -0.3 is 9.64 Å². The zero-order valence-corrected chi connectivity index (χ0v) is 13.4. The van der Waals surface area contributed by atoms with Crippen LogP contribution in [0.2, 0.25) is 0 Å². The van der Waals surface area contributed by atoms with Crippen molar-refractivity contribution in [2.24, 2.45) is 11.8 Å². The highest BCUT2D eigenvalue weighted by atomic mass is 16.6. The molecule has 0 bridgehead atoms. The number of fused-ring (bicyclic) bond motifs is 1. The predicted octanol–water partition coefficient (Wildman–Crippen LogP) is 4.02. The molecular formula is C18H22N2O2. The summed E-state index contributed by atoms with van der Waals surface area (Å²) in [5.41, 5.74) is 1.90. The highest BCUT2D eigenvalue weighted by molar-refractivity contribution is 5.81. The van der Waals surface area contributed by atoms with Gasteiger partial charge in [-0.25, -0.2) is 4.79 Å². The lowest BCUT2D eigenvalue weighted by Gasteiger charge is -2.34. The molecule has 4 heteroatoms. The fourth-order valence-corrected chi connectivity index (χ4v) is 3.25. The minimum absolute atomic E-state index is 0.252. The van der Waals surface area contributed by atoms with Gasteiger partial charge in [0.25, 0.3) is 0 Å². The summed E-state index contributed by atoms with van der Waals surface area (Å²) in [5.74, 6) is 1.63. The van der Waals surface area contributed by atoms with Crippen LogP contribution in [0, 0.1) is 18.8 Å². The van der Waals surface area contributed by atoms with Crippen LogP contribution in [-0.2, 0) is 0 Å². The molecule has 2 heterocycles. The number of likely N-dealkylation sites (tertiary alicyclic amines) is 1. The maximum Gasteiger partial charge on any atom is 0.415 e. The number of carbonyl (C=O) groups excluding carboxylic acids is 1. The third-order valence-electron chi connectivity index (χ3n) is 4.13. The molecule has 3 rings (SSSR count). The molecule has 0 saturated carbocycles. The summed E-state index contributed by atoms with van der Waals surface area (Å²) in [4.78, 5) is 18.6. The minimum Gasteiger partial charge on any atom is -0.410 e. The third-order valence-corrected chi connectivity index (χ3v) is 4.13. The van der Waals surface area contributed by atoms with Crippen molar-refractivity contribution in [1.82, 2.24) is 9.88 Å². The van der Waals surface area contributed by atoms with Crippen LogP contribution in [0.15, 0.2) is 30.3 Å². The van der Waals surface area contributed by atoms with E-state index < -0.39 is 0 Å². The lowest BCUT2D eigenvalue weighted by Crippen LogP contribution is -2.43. The van der Waals surface area contributed by atoms with Gasteiger partial charge in [-0.3, -0.25) is 4.98 Å². The predicted molar refractivity (Wildman–Crippen MR) is 87.0 cm³/mol. The van der Waals surface area contributed by atoms with Crippen molar-refractivity contribution < 1.29 is 9.53 Å². The molecule has 0 N–H and O–H groups in total. The van der Waals surface area contributed by atoms with E-state index in [4.69, 9.17) is 4.74 Å². The minimum atomic E-state index is -0.252. The Labute approximate surface area is 131 Å². The molecule has 4 nitrogen and oxygen atoms in total. The van der Waals surface area contributed by atoms with Crippen molar-refractivity contribution >= 4 is 17.0 Å². The van der Waals surface area contributed by atoms with Gasteiger partial charge in [-0.15, -0.1) is 0 Å². The van der Waals surface area contributed by atoms with Crippen molar-refractivity contribution in [3.05, 3.63) is 36.0 Å². The van der Waals surface area contributed by atoms with E-state index in [1.807, 2.05) is 42.2 Å². The Morgan fingerprint density at radius 1 is 1.18 bits per heavy atom. The molecular weight excluding hydrogens is 276 g/mol. The van der Waals surface area contributed by atoms with Gasteiger partial charge in [-0.2, -0.15) is 0 Å². The summed E-state index contributed by atoms with van der Waals surface area (Å²) < 4.78 is 5.55. The molecule has 0 radical (unpaired) electrons. The fraction of sp³-hybridized carbons (Fsp3) is 0.444. The average molecular weight is 298 g/mol. The highest BCUT2D eigenvalue weighted by Gasteiger charge is 2.26. The molecule has 1 aliphatic rings. The van der Waals surface area contributed by atoms with E-state index in [0.29, 0.717) is 17.6 Å². The maximum atomic E-state index is 12.3. The standard InChI is InChI=1S/C18H22N2O2/c1-12-8-13(2)11-20(10-12)18(21)22-16-6-7-17-15(9-16)5-4-14(3)19-17/h4-7,9,12-13H,8,10-11H2,1-3H3. The number of nitrogens with zero attached hydrogens (tertiary/aromatic N) is 2. The van der Waals surface area contributed by atoms with Crippen LogP contribution in [0.5, 0.6) is 5.75 Å². The lowest BCUT2D eigenvalue weighted by atomic mass is 9.92. The third kappa shape index (κ3) is 3.21. The van der Waals surface area contributed by atoms with Crippen molar-refractivity contribution in [2.75, 3.05) is 13.1 Å². The summed E-state index contributed by atoms with van der Waals surface area (Å²) in [7, 11) is 0. The Balaban J connectivity index is 1.75. The molecule has 0 spiro atoms. The van der Waals surface area contributed by atoms with Gasteiger partial charge in [-0.05, 0) is 49.4 Å². The molecule has 22 heavy (non-hydrogen) atoms. The Morgan fingerprint density at radius 3 is 2.64 bits per heavy atom. The molecule has 2 aromatic rings. The van der Waals surface area contributed by atoms with E-state index in [1.165, 1.54) is 6.42 Å². The smallest absolute Gasteiger partial charge is 0.410 e. The van der Waals surface area contributed by atoms with Crippen molar-refractivity contribution in [1.29, 1.82) is 0 Å². The van der Waals surface area contributed by atoms with Gasteiger partial charge >= 0.3 is 6.09 Å². The Kier molecular flexibility index (Phi) is 4.01. The molecule has 1 aromatic heterocycles. The number of pyridine rings is 1. The van der Waals surface area contributed by atoms with Crippen molar-refractivity contribution in [2.45, 2.75) is 27.2 Å². The molecule has 2 atom stereocenters. The summed E-state index contributed by atoms with van der Waals surface area (Å²) in [6.07, 6.45) is 0.919. The first kappa shape index (κ1) is 14.8. The van der Waals surface area contributed by atoms with Gasteiger partial charge in [0.2, 0.25) is 0 Å². The number of amides is 1. The Bertz CT molecular complexity index is 689. The second-order valence-electron chi connectivity index (χ2n) is 6.53. The summed E-state index contributed by atoms with van der Waals surface area (Å²) >= 11 is 0. The first-order chi connectivity index (χ1) is 10.5. The number of carbonyl (C=O) groups is 1. The van der Waals surface area contributed by atoms with Crippen LogP contribution in [0.3, 0.4) is 0 Å². The number of aromatic nitrogens is 1. The van der Waals surface area contributed by atoms with Gasteiger partial charge in [-0.1, -0.05) is 19.9 Å². The molecule has 2 unspecified atom stereocenters. The van der Waals surface area contributed by atoms with Crippen LogP contribution < -0.4 is 4.74 Å². The second kappa shape index (κ2) is 5.95. The topological polar surface area (TPSA) is 42.4 Å². The van der Waals surface area contributed by atoms with Crippen LogP contribution in [0.25, 0.3) is 10.9 Å². The molecule has 0 aliphatic carbocycles. The zero-order valence-electron chi connectivity index (χ0n) is 13.4. The number of benzene rings is 1. The molecule has 116 valence electrons. The summed E-state index contributed by atoms with van der Waals surface area (Å²) in [6, 6.07) is 9.54. The molecule has 1 saturated heterocycles. The molecule has 1 aromatic carbocycles. The van der Waals surface area contributed by atoms with E-state index in [9.17, 15) is 4.79 Å². The highest BCUT2D eigenvalue weighted by Crippen LogP contribution is 2.24. The number of ether oxygens (including phenoxy) is 1. The summed E-state index contributed by atoms with van der Waals surface area (Å²) in [5, 5.41) is 0.983. The van der Waals surface area contributed by atoms with Gasteiger partial charge in [0.1, 0.15) is 5.75 Å². The molecule has 1 aliphatic heterocycles. The summed E-state index contributed by atoms with van der Waals surface area (Å²) in [6.45, 7) is 7.88. The number of rotatable bonds is 1. The second-order valence-corrected chi connectivity index (χ2v) is 6.53. The Morgan fingerprint density at radius 2 is 1.91 bits per heavy atom. The quantitative estimate of drug-likeness (QED) is 0.798. The first-order valence-electron chi connectivity index (χ1n) is 7.85. The zero-order chi connectivity index (χ0) is 15.7. The van der Waals surface area contributed by atoms with Crippen molar-refractivity contribution in [3.8, 4) is 5.75 Å². The normalized spacial score (nSPS) is 21.9. The average Bonchev–Trinajstić information content (AvgIpc) is 2.46. The number of piperidine rings is 1. The van der Waals surface area contributed by atoms with Crippen LogP contribution in [0.1, 0.15) is 26.0 Å². The molecule has 1 fully saturated rings. The SMILES string of the molecule is Cc1ccc2cc(OC(=O)N3CC(C)CC(C)C3)ccc2n1. The van der Waals surface area contributed by atoms with Crippen molar-refractivity contribution in [3.63, 3.8) is 0 Å².